The highest BCUT2D eigenvalue weighted by Crippen LogP contribution is 2.34. The summed E-state index contributed by atoms with van der Waals surface area (Å²) >= 11 is 0. The summed E-state index contributed by atoms with van der Waals surface area (Å²) in [5.41, 5.74) is 3.28. The average molecular weight is 214 g/mol. The van der Waals surface area contributed by atoms with Gasteiger partial charge in [0.2, 0.25) is 0 Å². The molecule has 0 aliphatic rings. The largest absolute Gasteiger partial charge is 0.361 e. The predicted molar refractivity (Wildman–Crippen MR) is 64.6 cm³/mol. The molecule has 0 unspecified atom stereocenters. The Labute approximate surface area is 93.4 Å². The van der Waals surface area contributed by atoms with Crippen LogP contribution >= 0.6 is 0 Å². The summed E-state index contributed by atoms with van der Waals surface area (Å²) in [5.74, 6) is 0. The fraction of sp³-hybridized carbons (Fsp3) is 0.308. The zero-order valence-electron chi connectivity index (χ0n) is 9.66. The Hall–Kier alpha value is -1.77. The van der Waals surface area contributed by atoms with Crippen molar-refractivity contribution in [3.8, 4) is 0 Å². The number of H-pyrrole nitrogens is 1. The lowest BCUT2D eigenvalue weighted by molar-refractivity contribution is 0.446. The van der Waals surface area contributed by atoms with Crippen LogP contribution in [0.2, 0.25) is 0 Å². The van der Waals surface area contributed by atoms with Crippen LogP contribution in [0.1, 0.15) is 26.3 Å². The molecule has 0 saturated carbocycles. The SMILES string of the molecule is CC(C)(C)c1cc2[nH]ccc2c2cnoc12. The Kier molecular flexibility index (Phi) is 1.70. The Balaban J connectivity index is 2.53. The van der Waals surface area contributed by atoms with Crippen molar-refractivity contribution < 1.29 is 4.52 Å². The average Bonchev–Trinajstić information content (AvgIpc) is 2.82. The molecule has 2 aromatic heterocycles. The summed E-state index contributed by atoms with van der Waals surface area (Å²) in [4.78, 5) is 3.24. The third-order valence-corrected chi connectivity index (χ3v) is 2.98. The van der Waals surface area contributed by atoms with Gasteiger partial charge in [0, 0.05) is 22.7 Å². The second-order valence-corrected chi connectivity index (χ2v) is 5.18. The van der Waals surface area contributed by atoms with Gasteiger partial charge in [-0.15, -0.1) is 0 Å². The van der Waals surface area contributed by atoms with Crippen LogP contribution in [0, 0.1) is 0 Å². The minimum atomic E-state index is 0.0527. The maximum absolute atomic E-state index is 5.39. The van der Waals surface area contributed by atoms with Crippen LogP contribution in [0.5, 0.6) is 0 Å². The first-order chi connectivity index (χ1) is 7.57. The molecule has 0 saturated heterocycles. The van der Waals surface area contributed by atoms with Gasteiger partial charge in [-0.1, -0.05) is 25.9 Å². The first-order valence-corrected chi connectivity index (χ1v) is 5.42. The van der Waals surface area contributed by atoms with Crippen LogP contribution in [0.4, 0.5) is 0 Å². The van der Waals surface area contributed by atoms with E-state index in [0.717, 1.165) is 16.5 Å². The molecule has 0 aliphatic heterocycles. The minimum Gasteiger partial charge on any atom is -0.361 e. The van der Waals surface area contributed by atoms with E-state index >= 15 is 0 Å². The molecule has 0 radical (unpaired) electrons. The Bertz CT molecular complexity index is 655. The standard InChI is InChI=1S/C13H14N2O/c1-13(2,3)10-6-11-8(4-5-14-11)9-7-15-16-12(9)10/h4-7,14H,1-3H3. The Morgan fingerprint density at radius 3 is 2.81 bits per heavy atom. The molecule has 0 fully saturated rings. The van der Waals surface area contributed by atoms with Crippen molar-refractivity contribution in [1.29, 1.82) is 0 Å². The van der Waals surface area contributed by atoms with E-state index in [1.807, 2.05) is 6.20 Å². The monoisotopic (exact) mass is 214 g/mol. The molecule has 3 nitrogen and oxygen atoms in total. The summed E-state index contributed by atoms with van der Waals surface area (Å²) in [6, 6.07) is 4.21. The molecule has 0 atom stereocenters. The van der Waals surface area contributed by atoms with Crippen molar-refractivity contribution in [2.45, 2.75) is 26.2 Å². The van der Waals surface area contributed by atoms with E-state index in [-0.39, 0.29) is 5.41 Å². The molecular weight excluding hydrogens is 200 g/mol. The summed E-state index contributed by atoms with van der Waals surface area (Å²) < 4.78 is 5.39. The molecule has 1 aromatic carbocycles. The first kappa shape index (κ1) is 9.46. The second kappa shape index (κ2) is 2.88. The molecule has 3 rings (SSSR count). The van der Waals surface area contributed by atoms with Crippen molar-refractivity contribution in [3.63, 3.8) is 0 Å². The molecule has 3 heteroatoms. The van der Waals surface area contributed by atoms with Crippen molar-refractivity contribution in [3.05, 3.63) is 30.1 Å². The molecule has 3 aromatic rings. The highest BCUT2D eigenvalue weighted by Gasteiger charge is 2.21. The van der Waals surface area contributed by atoms with Gasteiger partial charge in [-0.25, -0.2) is 0 Å². The number of nitrogens with one attached hydrogen (secondary N) is 1. The number of fused-ring (bicyclic) bond motifs is 3. The van der Waals surface area contributed by atoms with E-state index in [0.29, 0.717) is 0 Å². The van der Waals surface area contributed by atoms with Gasteiger partial charge in [0.25, 0.3) is 0 Å². The topological polar surface area (TPSA) is 41.8 Å². The summed E-state index contributed by atoms with van der Waals surface area (Å²) in [5, 5.41) is 6.17. The maximum atomic E-state index is 5.39. The summed E-state index contributed by atoms with van der Waals surface area (Å²) in [7, 11) is 0. The van der Waals surface area contributed by atoms with E-state index in [9.17, 15) is 0 Å². The number of rotatable bonds is 0. The summed E-state index contributed by atoms with van der Waals surface area (Å²) in [6.07, 6.45) is 3.74. The quantitative estimate of drug-likeness (QED) is 0.621. The molecule has 0 amide bonds. The van der Waals surface area contributed by atoms with E-state index in [1.165, 1.54) is 10.9 Å². The second-order valence-electron chi connectivity index (χ2n) is 5.18. The van der Waals surface area contributed by atoms with Gasteiger partial charge < -0.3 is 9.51 Å². The van der Waals surface area contributed by atoms with Crippen LogP contribution in [0.25, 0.3) is 21.9 Å². The van der Waals surface area contributed by atoms with E-state index in [4.69, 9.17) is 4.52 Å². The van der Waals surface area contributed by atoms with Crippen molar-refractivity contribution in [2.24, 2.45) is 0 Å². The molecular formula is C13H14N2O. The molecule has 0 aliphatic carbocycles. The van der Waals surface area contributed by atoms with Gasteiger partial charge in [-0.05, 0) is 17.5 Å². The number of nitrogens with zero attached hydrogens (tertiary/aromatic N) is 1. The fourth-order valence-corrected chi connectivity index (χ4v) is 2.13. The van der Waals surface area contributed by atoms with Crippen LogP contribution in [0.3, 0.4) is 0 Å². The lowest BCUT2D eigenvalue weighted by Gasteiger charge is -2.18. The summed E-state index contributed by atoms with van der Waals surface area (Å²) in [6.45, 7) is 6.54. The maximum Gasteiger partial charge on any atom is 0.171 e. The van der Waals surface area contributed by atoms with Gasteiger partial charge in [0.1, 0.15) is 0 Å². The smallest absolute Gasteiger partial charge is 0.171 e. The van der Waals surface area contributed by atoms with Crippen LogP contribution in [0.15, 0.2) is 29.0 Å². The lowest BCUT2D eigenvalue weighted by Crippen LogP contribution is -2.11. The Morgan fingerprint density at radius 2 is 2.06 bits per heavy atom. The van der Waals surface area contributed by atoms with Crippen LogP contribution in [-0.2, 0) is 5.41 Å². The first-order valence-electron chi connectivity index (χ1n) is 5.42. The highest BCUT2D eigenvalue weighted by molar-refractivity contribution is 6.05. The van der Waals surface area contributed by atoms with Gasteiger partial charge >= 0.3 is 0 Å². The zero-order chi connectivity index (χ0) is 11.3. The Morgan fingerprint density at radius 1 is 1.25 bits per heavy atom. The molecule has 0 spiro atoms. The number of hydrogen-bond donors (Lipinski definition) is 1. The molecule has 1 N–H and O–H groups in total. The third kappa shape index (κ3) is 1.18. The van der Waals surface area contributed by atoms with Crippen molar-refractivity contribution in [1.82, 2.24) is 10.1 Å². The van der Waals surface area contributed by atoms with E-state index in [1.54, 1.807) is 6.20 Å². The van der Waals surface area contributed by atoms with Gasteiger partial charge in [-0.3, -0.25) is 0 Å². The van der Waals surface area contributed by atoms with Crippen LogP contribution < -0.4 is 0 Å². The normalized spacial score (nSPS) is 12.7. The lowest BCUT2D eigenvalue weighted by atomic mass is 9.85. The number of aromatic nitrogens is 2. The fourth-order valence-electron chi connectivity index (χ4n) is 2.13. The minimum absolute atomic E-state index is 0.0527. The molecule has 0 bridgehead atoms. The highest BCUT2D eigenvalue weighted by atomic mass is 16.5. The van der Waals surface area contributed by atoms with Crippen LogP contribution in [-0.4, -0.2) is 10.1 Å². The van der Waals surface area contributed by atoms with Gasteiger partial charge in [0.05, 0.1) is 11.6 Å². The van der Waals surface area contributed by atoms with E-state index < -0.39 is 0 Å². The predicted octanol–water partition coefficient (Wildman–Crippen LogP) is 3.61. The molecule has 2 heterocycles. The molecule has 82 valence electrons. The third-order valence-electron chi connectivity index (χ3n) is 2.98. The number of hydrogen-bond acceptors (Lipinski definition) is 2. The van der Waals surface area contributed by atoms with E-state index in [2.05, 4.69) is 43.0 Å². The van der Waals surface area contributed by atoms with Crippen molar-refractivity contribution >= 4 is 21.9 Å². The number of benzene rings is 1. The van der Waals surface area contributed by atoms with Gasteiger partial charge in [-0.2, -0.15) is 0 Å². The van der Waals surface area contributed by atoms with Crippen molar-refractivity contribution in [2.75, 3.05) is 0 Å². The number of aromatic amines is 1. The molecule has 16 heavy (non-hydrogen) atoms. The zero-order valence-corrected chi connectivity index (χ0v) is 9.66. The van der Waals surface area contributed by atoms with Gasteiger partial charge in [0.15, 0.2) is 5.58 Å².